The number of hydrogen-bond acceptors (Lipinski definition) is 7. The smallest absolute Gasteiger partial charge is 0.406 e. The lowest BCUT2D eigenvalue weighted by Crippen LogP contribution is -2.33. The SMILES string of the molecule is COCCNCC(O)COc1cccnc1[N+](=O)[O-]. The average Bonchev–Trinajstić information content (AvgIpc) is 2.41. The molecule has 0 aliphatic carbocycles. The van der Waals surface area contributed by atoms with Gasteiger partial charge in [0, 0.05) is 20.2 Å². The molecular formula is C11H17N3O5. The minimum absolute atomic E-state index is 0.0449. The number of aliphatic hydroxyl groups is 1. The van der Waals surface area contributed by atoms with Gasteiger partial charge in [-0.05, 0) is 22.0 Å². The van der Waals surface area contributed by atoms with Gasteiger partial charge >= 0.3 is 5.82 Å². The zero-order valence-corrected chi connectivity index (χ0v) is 10.6. The number of hydrogen-bond donors (Lipinski definition) is 2. The molecule has 1 heterocycles. The summed E-state index contributed by atoms with van der Waals surface area (Å²) < 4.78 is 10.0. The number of pyridine rings is 1. The van der Waals surface area contributed by atoms with Crippen LogP contribution in [0.4, 0.5) is 5.82 Å². The summed E-state index contributed by atoms with van der Waals surface area (Å²) in [5.41, 5.74) is 0. The summed E-state index contributed by atoms with van der Waals surface area (Å²) in [5, 5.41) is 23.3. The topological polar surface area (TPSA) is 107 Å². The fourth-order valence-electron chi connectivity index (χ4n) is 1.32. The number of ether oxygens (including phenoxy) is 2. The summed E-state index contributed by atoms with van der Waals surface area (Å²) in [6.45, 7) is 1.42. The molecule has 1 aromatic heterocycles. The maximum absolute atomic E-state index is 10.7. The Labute approximate surface area is 110 Å². The van der Waals surface area contributed by atoms with Crippen LogP contribution >= 0.6 is 0 Å². The molecule has 1 unspecified atom stereocenters. The normalized spacial score (nSPS) is 12.1. The number of nitrogens with one attached hydrogen (secondary N) is 1. The lowest BCUT2D eigenvalue weighted by atomic mass is 10.3. The van der Waals surface area contributed by atoms with E-state index in [1.165, 1.54) is 18.3 Å². The maximum atomic E-state index is 10.7. The van der Waals surface area contributed by atoms with Gasteiger partial charge in [-0.1, -0.05) is 0 Å². The summed E-state index contributed by atoms with van der Waals surface area (Å²) in [7, 11) is 1.59. The van der Waals surface area contributed by atoms with Crippen LogP contribution in [0.3, 0.4) is 0 Å². The molecule has 8 nitrogen and oxygen atoms in total. The van der Waals surface area contributed by atoms with Gasteiger partial charge < -0.3 is 30.0 Å². The van der Waals surface area contributed by atoms with Gasteiger partial charge in [0.25, 0.3) is 0 Å². The van der Waals surface area contributed by atoms with Crippen LogP contribution in [0.25, 0.3) is 0 Å². The van der Waals surface area contributed by atoms with Gasteiger partial charge in [-0.2, -0.15) is 0 Å². The van der Waals surface area contributed by atoms with Gasteiger partial charge in [-0.25, -0.2) is 0 Å². The average molecular weight is 271 g/mol. The number of rotatable bonds is 9. The van der Waals surface area contributed by atoms with Crippen LogP contribution in [0.2, 0.25) is 0 Å². The molecule has 0 radical (unpaired) electrons. The third-order valence-electron chi connectivity index (χ3n) is 2.22. The molecule has 8 heteroatoms. The highest BCUT2D eigenvalue weighted by molar-refractivity contribution is 5.38. The van der Waals surface area contributed by atoms with Gasteiger partial charge in [0.1, 0.15) is 18.9 Å². The van der Waals surface area contributed by atoms with E-state index < -0.39 is 11.0 Å². The number of nitrogens with zero attached hydrogens (tertiary/aromatic N) is 2. The van der Waals surface area contributed by atoms with E-state index in [2.05, 4.69) is 10.3 Å². The summed E-state index contributed by atoms with van der Waals surface area (Å²) >= 11 is 0. The van der Waals surface area contributed by atoms with Crippen LogP contribution in [0.5, 0.6) is 5.75 Å². The molecule has 0 spiro atoms. The van der Waals surface area contributed by atoms with Crippen LogP contribution < -0.4 is 10.1 Å². The van der Waals surface area contributed by atoms with Gasteiger partial charge in [0.05, 0.1) is 6.61 Å². The molecule has 19 heavy (non-hydrogen) atoms. The lowest BCUT2D eigenvalue weighted by molar-refractivity contribution is -0.390. The molecule has 1 aromatic rings. The Kier molecular flexibility index (Phi) is 6.72. The Bertz CT molecular complexity index is 402. The van der Waals surface area contributed by atoms with E-state index in [1.807, 2.05) is 0 Å². The molecule has 0 saturated heterocycles. The van der Waals surface area contributed by atoms with E-state index in [4.69, 9.17) is 9.47 Å². The van der Waals surface area contributed by atoms with E-state index in [9.17, 15) is 15.2 Å². The van der Waals surface area contributed by atoms with E-state index in [0.29, 0.717) is 19.7 Å². The van der Waals surface area contributed by atoms with Crippen molar-refractivity contribution in [1.29, 1.82) is 0 Å². The fourth-order valence-corrected chi connectivity index (χ4v) is 1.32. The Morgan fingerprint density at radius 1 is 1.63 bits per heavy atom. The first-order valence-electron chi connectivity index (χ1n) is 5.75. The van der Waals surface area contributed by atoms with E-state index in [-0.39, 0.29) is 18.2 Å². The van der Waals surface area contributed by atoms with Crippen molar-refractivity contribution in [3.8, 4) is 5.75 Å². The predicted octanol–water partition coefficient (Wildman–Crippen LogP) is -0.0345. The van der Waals surface area contributed by atoms with Gasteiger partial charge in [-0.15, -0.1) is 0 Å². The molecule has 1 rings (SSSR count). The minimum atomic E-state index is -0.767. The highest BCUT2D eigenvalue weighted by Gasteiger charge is 2.16. The van der Waals surface area contributed by atoms with Crippen molar-refractivity contribution in [2.75, 3.05) is 33.4 Å². The van der Waals surface area contributed by atoms with Crippen molar-refractivity contribution < 1.29 is 19.5 Å². The minimum Gasteiger partial charge on any atom is -0.483 e. The molecule has 0 amide bonds. The largest absolute Gasteiger partial charge is 0.483 e. The lowest BCUT2D eigenvalue weighted by Gasteiger charge is -2.12. The quantitative estimate of drug-likeness (QED) is 0.369. The van der Waals surface area contributed by atoms with Crippen LogP contribution in [0, 0.1) is 10.1 Å². The zero-order chi connectivity index (χ0) is 14.1. The first-order valence-corrected chi connectivity index (χ1v) is 5.75. The summed E-state index contributed by atoms with van der Waals surface area (Å²) in [4.78, 5) is 13.7. The Balaban J connectivity index is 2.37. The molecular weight excluding hydrogens is 254 g/mol. The van der Waals surface area contributed by atoms with E-state index in [0.717, 1.165) is 0 Å². The van der Waals surface area contributed by atoms with Crippen LogP contribution in [0.1, 0.15) is 0 Å². The number of aliphatic hydroxyl groups excluding tert-OH is 1. The van der Waals surface area contributed by atoms with E-state index in [1.54, 1.807) is 7.11 Å². The van der Waals surface area contributed by atoms with Gasteiger partial charge in [0.2, 0.25) is 5.75 Å². The number of aromatic nitrogens is 1. The molecule has 106 valence electrons. The van der Waals surface area contributed by atoms with Crippen LogP contribution in [-0.4, -0.2) is 54.5 Å². The van der Waals surface area contributed by atoms with E-state index >= 15 is 0 Å². The zero-order valence-electron chi connectivity index (χ0n) is 10.6. The molecule has 0 aromatic carbocycles. The second kappa shape index (κ2) is 8.35. The maximum Gasteiger partial charge on any atom is 0.406 e. The number of nitro groups is 1. The molecule has 1 atom stereocenters. The molecule has 0 saturated carbocycles. The summed E-state index contributed by atoms with van der Waals surface area (Å²) in [6, 6.07) is 2.97. The third kappa shape index (κ3) is 5.60. The van der Waals surface area contributed by atoms with Gasteiger partial charge in [0.15, 0.2) is 0 Å². The van der Waals surface area contributed by atoms with Crippen molar-refractivity contribution in [3.63, 3.8) is 0 Å². The monoisotopic (exact) mass is 271 g/mol. The molecule has 2 N–H and O–H groups in total. The summed E-state index contributed by atoms with van der Waals surface area (Å²) in [6.07, 6.45) is 0.546. The fraction of sp³-hybridized carbons (Fsp3) is 0.545. The second-order valence-corrected chi connectivity index (χ2v) is 3.74. The highest BCUT2D eigenvalue weighted by atomic mass is 16.6. The van der Waals surface area contributed by atoms with Crippen molar-refractivity contribution in [2.45, 2.75) is 6.10 Å². The summed E-state index contributed by atoms with van der Waals surface area (Å²) in [5.74, 6) is -0.314. The first kappa shape index (κ1) is 15.3. The third-order valence-corrected chi connectivity index (χ3v) is 2.22. The molecule has 0 aliphatic rings. The second-order valence-electron chi connectivity index (χ2n) is 3.74. The first-order chi connectivity index (χ1) is 9.15. The van der Waals surface area contributed by atoms with Crippen molar-refractivity contribution in [1.82, 2.24) is 10.3 Å². The molecule has 0 bridgehead atoms. The standard InChI is InChI=1S/C11H17N3O5/c1-18-6-5-12-7-9(15)8-19-10-3-2-4-13-11(10)14(16)17/h2-4,9,12,15H,5-8H2,1H3. The van der Waals surface area contributed by atoms with Crippen LogP contribution in [0.15, 0.2) is 18.3 Å². The Morgan fingerprint density at radius 2 is 2.42 bits per heavy atom. The molecule has 0 fully saturated rings. The van der Waals surface area contributed by atoms with Crippen molar-refractivity contribution in [3.05, 3.63) is 28.4 Å². The van der Waals surface area contributed by atoms with Gasteiger partial charge in [-0.3, -0.25) is 0 Å². The highest BCUT2D eigenvalue weighted by Crippen LogP contribution is 2.22. The number of methoxy groups -OCH3 is 1. The van der Waals surface area contributed by atoms with Crippen molar-refractivity contribution in [2.24, 2.45) is 0 Å². The molecule has 0 aliphatic heterocycles. The Morgan fingerprint density at radius 3 is 3.11 bits per heavy atom. The van der Waals surface area contributed by atoms with Crippen LogP contribution in [-0.2, 0) is 4.74 Å². The Hall–Kier alpha value is -1.77. The van der Waals surface area contributed by atoms with Crippen molar-refractivity contribution >= 4 is 5.82 Å². The predicted molar refractivity (Wildman–Crippen MR) is 67.1 cm³/mol.